The number of carbonyl (C=O) groups excluding carboxylic acids is 1. The van der Waals surface area contributed by atoms with Crippen molar-refractivity contribution in [3.05, 3.63) is 58.5 Å². The molecule has 0 amide bonds. The monoisotopic (exact) mass is 273 g/mol. The van der Waals surface area contributed by atoms with Gasteiger partial charge in [-0.1, -0.05) is 12.1 Å². The topological polar surface area (TPSA) is 57.5 Å². The van der Waals surface area contributed by atoms with Crippen LogP contribution in [0.4, 0.5) is 0 Å². The number of hydrogen-bond donors (Lipinski definition) is 0. The molecule has 20 heavy (non-hydrogen) atoms. The van der Waals surface area contributed by atoms with Crippen LogP contribution in [0.25, 0.3) is 0 Å². The SMILES string of the molecule is CCOc1ccccc1OC(=O)c1ccn(C)c(=O)c1. The second-order valence-electron chi connectivity index (χ2n) is 4.13. The molecule has 0 spiro atoms. The Labute approximate surface area is 116 Å². The predicted octanol–water partition coefficient (Wildman–Crippen LogP) is 2.00. The van der Waals surface area contributed by atoms with Crippen LogP contribution in [0.15, 0.2) is 47.4 Å². The summed E-state index contributed by atoms with van der Waals surface area (Å²) >= 11 is 0. The van der Waals surface area contributed by atoms with Gasteiger partial charge in [-0.3, -0.25) is 4.79 Å². The van der Waals surface area contributed by atoms with Crippen LogP contribution < -0.4 is 15.0 Å². The first-order chi connectivity index (χ1) is 9.61. The highest BCUT2D eigenvalue weighted by Gasteiger charge is 2.12. The van der Waals surface area contributed by atoms with Crippen LogP contribution in [0.3, 0.4) is 0 Å². The molecule has 0 fully saturated rings. The highest BCUT2D eigenvalue weighted by Crippen LogP contribution is 2.27. The van der Waals surface area contributed by atoms with Crippen molar-refractivity contribution in [1.29, 1.82) is 0 Å². The van der Waals surface area contributed by atoms with Gasteiger partial charge in [-0.15, -0.1) is 0 Å². The van der Waals surface area contributed by atoms with Crippen molar-refractivity contribution in [3.8, 4) is 11.5 Å². The van der Waals surface area contributed by atoms with Crippen molar-refractivity contribution in [3.63, 3.8) is 0 Å². The maximum absolute atomic E-state index is 12.0. The van der Waals surface area contributed by atoms with Gasteiger partial charge in [0.15, 0.2) is 11.5 Å². The van der Waals surface area contributed by atoms with Gasteiger partial charge in [-0.25, -0.2) is 4.79 Å². The van der Waals surface area contributed by atoms with Crippen LogP contribution in [0.2, 0.25) is 0 Å². The molecule has 0 radical (unpaired) electrons. The van der Waals surface area contributed by atoms with Gasteiger partial charge in [0.25, 0.3) is 5.56 Å². The number of hydrogen-bond acceptors (Lipinski definition) is 4. The van der Waals surface area contributed by atoms with Crippen LogP contribution >= 0.6 is 0 Å². The number of carbonyl (C=O) groups is 1. The van der Waals surface area contributed by atoms with E-state index in [-0.39, 0.29) is 11.1 Å². The normalized spacial score (nSPS) is 10.1. The van der Waals surface area contributed by atoms with E-state index in [1.165, 1.54) is 22.9 Å². The summed E-state index contributed by atoms with van der Waals surface area (Å²) in [5.74, 6) is 0.238. The molecule has 2 rings (SSSR count). The first-order valence-electron chi connectivity index (χ1n) is 6.22. The number of aryl methyl sites for hydroxylation is 1. The second kappa shape index (κ2) is 6.06. The molecule has 0 aliphatic carbocycles. The first-order valence-corrected chi connectivity index (χ1v) is 6.22. The third-order valence-corrected chi connectivity index (χ3v) is 2.69. The highest BCUT2D eigenvalue weighted by molar-refractivity contribution is 5.91. The number of pyridine rings is 1. The molecule has 5 nitrogen and oxygen atoms in total. The Morgan fingerprint density at radius 1 is 1.20 bits per heavy atom. The molecule has 1 aromatic carbocycles. The maximum atomic E-state index is 12.0. The van der Waals surface area contributed by atoms with Crippen molar-refractivity contribution in [2.75, 3.05) is 6.61 Å². The lowest BCUT2D eigenvalue weighted by Crippen LogP contribution is -2.19. The molecule has 1 aromatic heterocycles. The number of rotatable bonds is 4. The van der Waals surface area contributed by atoms with E-state index in [1.54, 1.807) is 31.3 Å². The Morgan fingerprint density at radius 2 is 1.90 bits per heavy atom. The number of nitrogens with zero attached hydrogens (tertiary/aromatic N) is 1. The van der Waals surface area contributed by atoms with Crippen molar-refractivity contribution in [1.82, 2.24) is 4.57 Å². The molecule has 0 aliphatic heterocycles. The summed E-state index contributed by atoms with van der Waals surface area (Å²) < 4.78 is 12.0. The molecular weight excluding hydrogens is 258 g/mol. The summed E-state index contributed by atoms with van der Waals surface area (Å²) in [5.41, 5.74) is -0.0584. The van der Waals surface area contributed by atoms with E-state index < -0.39 is 5.97 Å². The number of esters is 1. The Kier molecular flexibility index (Phi) is 4.20. The molecule has 5 heteroatoms. The standard InChI is InChI=1S/C15H15NO4/c1-3-19-12-6-4-5-7-13(12)20-15(18)11-8-9-16(2)14(17)10-11/h4-10H,3H2,1-2H3. The quantitative estimate of drug-likeness (QED) is 0.631. The molecule has 0 atom stereocenters. The minimum Gasteiger partial charge on any atom is -0.490 e. The van der Waals surface area contributed by atoms with E-state index in [0.29, 0.717) is 18.1 Å². The minimum atomic E-state index is -0.588. The Hall–Kier alpha value is -2.56. The van der Waals surface area contributed by atoms with Crippen molar-refractivity contribution >= 4 is 5.97 Å². The second-order valence-corrected chi connectivity index (χ2v) is 4.13. The van der Waals surface area contributed by atoms with Crippen molar-refractivity contribution in [2.45, 2.75) is 6.92 Å². The molecule has 0 unspecified atom stereocenters. The molecule has 0 aliphatic rings. The minimum absolute atomic E-state index is 0.208. The summed E-state index contributed by atoms with van der Waals surface area (Å²) in [6, 6.07) is 9.68. The number of ether oxygens (including phenoxy) is 2. The average Bonchev–Trinajstić information content (AvgIpc) is 2.44. The summed E-state index contributed by atoms with van der Waals surface area (Å²) in [7, 11) is 1.61. The number of para-hydroxylation sites is 2. The van der Waals surface area contributed by atoms with Gasteiger partial charge >= 0.3 is 5.97 Å². The zero-order valence-corrected chi connectivity index (χ0v) is 11.3. The van der Waals surface area contributed by atoms with E-state index >= 15 is 0 Å². The summed E-state index contributed by atoms with van der Waals surface area (Å²) in [6.45, 7) is 2.32. The van der Waals surface area contributed by atoms with Gasteiger partial charge in [-0.2, -0.15) is 0 Å². The van der Waals surface area contributed by atoms with E-state index in [9.17, 15) is 9.59 Å². The number of aromatic nitrogens is 1. The molecule has 0 saturated carbocycles. The average molecular weight is 273 g/mol. The molecule has 0 saturated heterocycles. The smallest absolute Gasteiger partial charge is 0.343 e. The van der Waals surface area contributed by atoms with Crippen LogP contribution in [0.1, 0.15) is 17.3 Å². The highest BCUT2D eigenvalue weighted by atomic mass is 16.6. The van der Waals surface area contributed by atoms with E-state index in [4.69, 9.17) is 9.47 Å². The predicted molar refractivity (Wildman–Crippen MR) is 74.3 cm³/mol. The molecule has 1 heterocycles. The van der Waals surface area contributed by atoms with E-state index in [1.807, 2.05) is 6.92 Å². The maximum Gasteiger partial charge on any atom is 0.343 e. The fourth-order valence-electron chi connectivity index (χ4n) is 1.64. The molecular formula is C15H15NO4. The van der Waals surface area contributed by atoms with Gasteiger partial charge in [0.05, 0.1) is 12.2 Å². The molecule has 0 N–H and O–H groups in total. The van der Waals surface area contributed by atoms with Gasteiger partial charge in [0.1, 0.15) is 0 Å². The summed E-state index contributed by atoms with van der Waals surface area (Å²) in [4.78, 5) is 23.5. The van der Waals surface area contributed by atoms with Crippen LogP contribution in [0, 0.1) is 0 Å². The van der Waals surface area contributed by atoms with Crippen LogP contribution in [0.5, 0.6) is 11.5 Å². The fourth-order valence-corrected chi connectivity index (χ4v) is 1.64. The lowest BCUT2D eigenvalue weighted by Gasteiger charge is -2.10. The molecule has 0 bridgehead atoms. The first kappa shape index (κ1) is 13.9. The Balaban J connectivity index is 2.23. The van der Waals surface area contributed by atoms with Gasteiger partial charge < -0.3 is 14.0 Å². The fraction of sp³-hybridized carbons (Fsp3) is 0.200. The largest absolute Gasteiger partial charge is 0.490 e. The van der Waals surface area contributed by atoms with E-state index in [0.717, 1.165) is 0 Å². The van der Waals surface area contributed by atoms with Crippen LogP contribution in [-0.4, -0.2) is 17.1 Å². The summed E-state index contributed by atoms with van der Waals surface area (Å²) in [5, 5.41) is 0. The summed E-state index contributed by atoms with van der Waals surface area (Å²) in [6.07, 6.45) is 1.52. The third kappa shape index (κ3) is 3.06. The van der Waals surface area contributed by atoms with Crippen molar-refractivity contribution < 1.29 is 14.3 Å². The Bertz CT molecular complexity index is 676. The molecule has 104 valence electrons. The van der Waals surface area contributed by atoms with Gasteiger partial charge in [-0.05, 0) is 25.1 Å². The van der Waals surface area contributed by atoms with E-state index in [2.05, 4.69) is 0 Å². The zero-order valence-electron chi connectivity index (χ0n) is 11.3. The molecule has 2 aromatic rings. The lowest BCUT2D eigenvalue weighted by molar-refractivity contribution is 0.0728. The third-order valence-electron chi connectivity index (χ3n) is 2.69. The van der Waals surface area contributed by atoms with Crippen molar-refractivity contribution in [2.24, 2.45) is 7.05 Å². The zero-order chi connectivity index (χ0) is 14.5. The van der Waals surface area contributed by atoms with Crippen LogP contribution in [-0.2, 0) is 7.05 Å². The Morgan fingerprint density at radius 3 is 2.55 bits per heavy atom. The van der Waals surface area contributed by atoms with Gasteiger partial charge in [0, 0.05) is 19.3 Å². The van der Waals surface area contributed by atoms with Gasteiger partial charge in [0.2, 0.25) is 0 Å². The number of benzene rings is 1. The lowest BCUT2D eigenvalue weighted by atomic mass is 10.2.